The van der Waals surface area contributed by atoms with Gasteiger partial charge in [-0.2, -0.15) is 0 Å². The summed E-state index contributed by atoms with van der Waals surface area (Å²) in [5, 5.41) is 0. The van der Waals surface area contributed by atoms with E-state index in [-0.39, 0.29) is 0 Å². The van der Waals surface area contributed by atoms with Gasteiger partial charge in [0.05, 0.1) is 0 Å². The largest absolute Gasteiger partial charge is 0.330 e. The van der Waals surface area contributed by atoms with Crippen molar-refractivity contribution in [2.24, 2.45) is 23.5 Å². The highest BCUT2D eigenvalue weighted by Crippen LogP contribution is 2.34. The van der Waals surface area contributed by atoms with Gasteiger partial charge in [-0.15, -0.1) is 0 Å². The van der Waals surface area contributed by atoms with Crippen LogP contribution in [0.25, 0.3) is 0 Å². The normalized spacial score (nSPS) is 20.4. The molecule has 16 heavy (non-hydrogen) atoms. The van der Waals surface area contributed by atoms with Gasteiger partial charge in [-0.1, -0.05) is 13.8 Å². The predicted molar refractivity (Wildman–Crippen MR) is 71.4 cm³/mol. The molecule has 0 amide bonds. The molecule has 2 unspecified atom stereocenters. The highest BCUT2D eigenvalue weighted by molar-refractivity contribution is 4.84. The monoisotopic (exact) mass is 226 g/mol. The van der Waals surface area contributed by atoms with Crippen molar-refractivity contribution in [1.29, 1.82) is 0 Å². The van der Waals surface area contributed by atoms with Crippen molar-refractivity contribution in [3.05, 3.63) is 0 Å². The average molecular weight is 226 g/mol. The minimum atomic E-state index is 0.717. The molecule has 2 nitrogen and oxygen atoms in total. The molecule has 0 radical (unpaired) electrons. The van der Waals surface area contributed by atoms with Gasteiger partial charge in [0.1, 0.15) is 0 Å². The average Bonchev–Trinajstić information content (AvgIpc) is 3.05. The van der Waals surface area contributed by atoms with E-state index in [9.17, 15) is 0 Å². The van der Waals surface area contributed by atoms with E-state index in [0.29, 0.717) is 5.92 Å². The number of nitrogens with zero attached hydrogens (tertiary/aromatic N) is 1. The van der Waals surface area contributed by atoms with Gasteiger partial charge in [-0.05, 0) is 70.5 Å². The van der Waals surface area contributed by atoms with Gasteiger partial charge >= 0.3 is 0 Å². The molecule has 0 bridgehead atoms. The van der Waals surface area contributed by atoms with Crippen LogP contribution in [0.15, 0.2) is 0 Å². The predicted octanol–water partition coefficient (Wildman–Crippen LogP) is 2.73. The molecular formula is C14H30N2. The number of hydrogen-bond acceptors (Lipinski definition) is 2. The van der Waals surface area contributed by atoms with Crippen LogP contribution in [0, 0.1) is 17.8 Å². The fourth-order valence-electron chi connectivity index (χ4n) is 2.53. The zero-order chi connectivity index (χ0) is 12.1. The van der Waals surface area contributed by atoms with Crippen molar-refractivity contribution in [1.82, 2.24) is 4.90 Å². The fourth-order valence-corrected chi connectivity index (χ4v) is 2.53. The van der Waals surface area contributed by atoms with Gasteiger partial charge in [0.2, 0.25) is 0 Å². The van der Waals surface area contributed by atoms with Gasteiger partial charge in [0.15, 0.2) is 0 Å². The lowest BCUT2D eigenvalue weighted by Crippen LogP contribution is -2.33. The van der Waals surface area contributed by atoms with Crippen molar-refractivity contribution in [3.8, 4) is 0 Å². The second kappa shape index (κ2) is 6.61. The van der Waals surface area contributed by atoms with E-state index in [2.05, 4.69) is 32.7 Å². The Labute approximate surface area is 102 Å². The summed E-state index contributed by atoms with van der Waals surface area (Å²) in [5.74, 6) is 2.47. The molecule has 0 saturated heterocycles. The number of rotatable bonds is 8. The fraction of sp³-hybridized carbons (Fsp3) is 1.00. The van der Waals surface area contributed by atoms with Crippen LogP contribution in [0.1, 0.15) is 46.5 Å². The lowest BCUT2D eigenvalue weighted by Gasteiger charge is -2.27. The van der Waals surface area contributed by atoms with E-state index in [1.807, 2.05) is 0 Å². The smallest absolute Gasteiger partial charge is 0.00921 e. The molecule has 2 N–H and O–H groups in total. The van der Waals surface area contributed by atoms with E-state index in [4.69, 9.17) is 5.73 Å². The van der Waals surface area contributed by atoms with E-state index in [1.54, 1.807) is 0 Å². The third-order valence-corrected chi connectivity index (χ3v) is 4.03. The highest BCUT2D eigenvalue weighted by atomic mass is 15.1. The lowest BCUT2D eigenvalue weighted by atomic mass is 9.94. The summed E-state index contributed by atoms with van der Waals surface area (Å²) in [4.78, 5) is 2.53. The summed E-state index contributed by atoms with van der Waals surface area (Å²) in [7, 11) is 2.27. The van der Waals surface area contributed by atoms with Crippen LogP contribution in [0.4, 0.5) is 0 Å². The molecule has 1 rings (SSSR count). The minimum absolute atomic E-state index is 0.717. The molecule has 1 aliphatic rings. The van der Waals surface area contributed by atoms with Gasteiger partial charge in [0.25, 0.3) is 0 Å². The van der Waals surface area contributed by atoms with Crippen LogP contribution < -0.4 is 5.73 Å². The van der Waals surface area contributed by atoms with Crippen molar-refractivity contribution in [3.63, 3.8) is 0 Å². The number of hydrogen-bond donors (Lipinski definition) is 1. The molecule has 0 aliphatic heterocycles. The Bertz CT molecular complexity index is 185. The summed E-state index contributed by atoms with van der Waals surface area (Å²) < 4.78 is 0. The SMILES string of the molecule is CC(C)CC(CN)CCN(C)C(C)C1CC1. The first-order valence-electron chi connectivity index (χ1n) is 6.94. The Balaban J connectivity index is 2.19. The third kappa shape index (κ3) is 4.84. The molecular weight excluding hydrogens is 196 g/mol. The molecule has 0 heterocycles. The van der Waals surface area contributed by atoms with Gasteiger partial charge in [-0.25, -0.2) is 0 Å². The first kappa shape index (κ1) is 14.0. The molecule has 1 saturated carbocycles. The van der Waals surface area contributed by atoms with E-state index in [1.165, 1.54) is 32.2 Å². The Morgan fingerprint density at radius 3 is 2.31 bits per heavy atom. The van der Waals surface area contributed by atoms with Crippen LogP contribution in [0.3, 0.4) is 0 Å². The van der Waals surface area contributed by atoms with E-state index >= 15 is 0 Å². The molecule has 0 aromatic rings. The van der Waals surface area contributed by atoms with Gasteiger partial charge < -0.3 is 10.6 Å². The summed E-state index contributed by atoms with van der Waals surface area (Å²) in [6, 6.07) is 0.775. The van der Waals surface area contributed by atoms with Gasteiger partial charge in [0, 0.05) is 6.04 Å². The maximum Gasteiger partial charge on any atom is 0.00921 e. The first-order chi connectivity index (χ1) is 7.54. The number of nitrogens with two attached hydrogens (primary N) is 1. The lowest BCUT2D eigenvalue weighted by molar-refractivity contribution is 0.212. The molecule has 1 fully saturated rings. The summed E-state index contributed by atoms with van der Waals surface area (Å²) in [6.45, 7) is 9.02. The van der Waals surface area contributed by atoms with Crippen LogP contribution >= 0.6 is 0 Å². The Kier molecular flexibility index (Phi) is 5.77. The Hall–Kier alpha value is -0.0800. The molecule has 0 aromatic heterocycles. The highest BCUT2D eigenvalue weighted by Gasteiger charge is 2.30. The van der Waals surface area contributed by atoms with E-state index in [0.717, 1.165) is 24.4 Å². The Morgan fingerprint density at radius 1 is 1.25 bits per heavy atom. The topological polar surface area (TPSA) is 29.3 Å². The van der Waals surface area contributed by atoms with Crippen molar-refractivity contribution >= 4 is 0 Å². The molecule has 96 valence electrons. The maximum atomic E-state index is 5.84. The van der Waals surface area contributed by atoms with Crippen LogP contribution in [-0.4, -0.2) is 31.1 Å². The summed E-state index contributed by atoms with van der Waals surface area (Å²) in [6.07, 6.45) is 5.43. The zero-order valence-corrected chi connectivity index (χ0v) is 11.6. The first-order valence-corrected chi connectivity index (χ1v) is 6.94. The molecule has 2 atom stereocenters. The molecule has 0 aromatic carbocycles. The molecule has 0 spiro atoms. The third-order valence-electron chi connectivity index (χ3n) is 4.03. The Morgan fingerprint density at radius 2 is 1.88 bits per heavy atom. The van der Waals surface area contributed by atoms with E-state index < -0.39 is 0 Å². The van der Waals surface area contributed by atoms with Gasteiger partial charge in [-0.3, -0.25) is 0 Å². The molecule has 2 heteroatoms. The van der Waals surface area contributed by atoms with Crippen molar-refractivity contribution in [2.75, 3.05) is 20.1 Å². The standard InChI is InChI=1S/C14H30N2/c1-11(2)9-13(10-15)7-8-16(4)12(3)14-5-6-14/h11-14H,5-10,15H2,1-4H3. The van der Waals surface area contributed by atoms with Crippen molar-refractivity contribution < 1.29 is 0 Å². The second-order valence-electron chi connectivity index (χ2n) is 6.08. The molecule has 1 aliphatic carbocycles. The van der Waals surface area contributed by atoms with Crippen LogP contribution in [0.5, 0.6) is 0 Å². The van der Waals surface area contributed by atoms with Crippen LogP contribution in [-0.2, 0) is 0 Å². The van der Waals surface area contributed by atoms with Crippen molar-refractivity contribution in [2.45, 2.75) is 52.5 Å². The van der Waals surface area contributed by atoms with Crippen LogP contribution in [0.2, 0.25) is 0 Å². The minimum Gasteiger partial charge on any atom is -0.330 e. The second-order valence-corrected chi connectivity index (χ2v) is 6.08. The quantitative estimate of drug-likeness (QED) is 0.689. The summed E-state index contributed by atoms with van der Waals surface area (Å²) >= 11 is 0. The summed E-state index contributed by atoms with van der Waals surface area (Å²) in [5.41, 5.74) is 5.84. The zero-order valence-electron chi connectivity index (χ0n) is 11.6. The maximum absolute atomic E-state index is 5.84.